The Morgan fingerprint density at radius 3 is 2.40 bits per heavy atom. The van der Waals surface area contributed by atoms with Crippen LogP contribution in [0.25, 0.3) is 10.9 Å². The number of hydrogen-bond acceptors (Lipinski definition) is 7. The number of H-pyrrole nitrogens is 1. The minimum absolute atomic E-state index is 0.00799. The molecule has 0 spiro atoms. The fourth-order valence-electron chi connectivity index (χ4n) is 3.80. The molecule has 9 nitrogen and oxygen atoms in total. The molecule has 2 aromatic carbocycles. The summed E-state index contributed by atoms with van der Waals surface area (Å²) in [6.45, 7) is 3.84. The van der Waals surface area contributed by atoms with Gasteiger partial charge in [-0.05, 0) is 49.6 Å². The fourth-order valence-corrected chi connectivity index (χ4v) is 4.64. The van der Waals surface area contributed by atoms with Crippen LogP contribution < -0.4 is 4.83 Å². The number of aromatic amines is 1. The van der Waals surface area contributed by atoms with Crippen molar-refractivity contribution in [1.82, 2.24) is 9.82 Å². The van der Waals surface area contributed by atoms with Crippen molar-refractivity contribution in [2.24, 2.45) is 5.10 Å². The summed E-state index contributed by atoms with van der Waals surface area (Å²) < 4.78 is 35.3. The zero-order valence-electron chi connectivity index (χ0n) is 20.2. The number of ether oxygens (including phenoxy) is 2. The number of esters is 2. The zero-order valence-corrected chi connectivity index (χ0v) is 21.0. The predicted molar refractivity (Wildman–Crippen MR) is 133 cm³/mol. The van der Waals surface area contributed by atoms with Crippen LogP contribution in [0.5, 0.6) is 0 Å². The van der Waals surface area contributed by atoms with Gasteiger partial charge in [-0.25, -0.2) is 9.59 Å². The number of aryl methyl sites for hydroxylation is 2. The number of carbonyl (C=O) groups is 2. The van der Waals surface area contributed by atoms with Crippen LogP contribution in [0.3, 0.4) is 0 Å². The van der Waals surface area contributed by atoms with E-state index in [9.17, 15) is 18.0 Å². The van der Waals surface area contributed by atoms with Crippen molar-refractivity contribution in [3.8, 4) is 0 Å². The van der Waals surface area contributed by atoms with E-state index >= 15 is 0 Å². The Morgan fingerprint density at radius 2 is 1.77 bits per heavy atom. The summed E-state index contributed by atoms with van der Waals surface area (Å²) in [7, 11) is -1.51. The van der Waals surface area contributed by atoms with Crippen molar-refractivity contribution in [1.29, 1.82) is 0 Å². The van der Waals surface area contributed by atoms with E-state index in [2.05, 4.69) is 21.8 Å². The van der Waals surface area contributed by atoms with Crippen LogP contribution >= 0.6 is 0 Å². The van der Waals surface area contributed by atoms with Crippen molar-refractivity contribution in [3.05, 3.63) is 64.8 Å². The molecule has 1 heterocycles. The van der Waals surface area contributed by atoms with Crippen LogP contribution in [0.15, 0.2) is 52.5 Å². The molecule has 0 fully saturated rings. The highest BCUT2D eigenvalue weighted by Crippen LogP contribution is 2.29. The number of methoxy groups -OCH3 is 2. The van der Waals surface area contributed by atoms with Gasteiger partial charge in [0.15, 0.2) is 5.71 Å². The normalized spacial score (nSPS) is 11.9. The van der Waals surface area contributed by atoms with Crippen LogP contribution in [0.1, 0.15) is 53.4 Å². The average Bonchev–Trinajstić information content (AvgIpc) is 3.20. The highest BCUT2D eigenvalue weighted by atomic mass is 32.2. The van der Waals surface area contributed by atoms with E-state index in [1.807, 2.05) is 0 Å². The maximum absolute atomic E-state index is 12.8. The number of hydrazone groups is 1. The van der Waals surface area contributed by atoms with E-state index < -0.39 is 22.0 Å². The third-order valence-electron chi connectivity index (χ3n) is 5.60. The van der Waals surface area contributed by atoms with Gasteiger partial charge in [-0.2, -0.15) is 18.4 Å². The number of sulfonamides is 1. The van der Waals surface area contributed by atoms with E-state index in [1.54, 1.807) is 37.3 Å². The molecular formula is C25H29N3O6S. The molecule has 0 amide bonds. The van der Waals surface area contributed by atoms with Gasteiger partial charge in [-0.1, -0.05) is 38.0 Å². The lowest BCUT2D eigenvalue weighted by molar-refractivity contribution is -0.132. The summed E-state index contributed by atoms with van der Waals surface area (Å²) in [5.74, 6) is -1.28. The quantitative estimate of drug-likeness (QED) is 0.189. The molecule has 0 saturated carbocycles. The number of benzene rings is 2. The first-order valence-electron chi connectivity index (χ1n) is 11.2. The third-order valence-corrected chi connectivity index (χ3v) is 6.83. The molecule has 10 heteroatoms. The van der Waals surface area contributed by atoms with Gasteiger partial charge in [-0.15, -0.1) is 0 Å². The molecule has 0 bridgehead atoms. The molecule has 35 heavy (non-hydrogen) atoms. The van der Waals surface area contributed by atoms with E-state index in [-0.39, 0.29) is 10.6 Å². The second kappa shape index (κ2) is 11.2. The minimum Gasteiger partial charge on any atom is -0.465 e. The molecule has 0 aliphatic rings. The lowest BCUT2D eigenvalue weighted by Gasteiger charge is -2.10. The van der Waals surface area contributed by atoms with E-state index in [4.69, 9.17) is 9.47 Å². The molecule has 0 aliphatic carbocycles. The molecule has 0 unspecified atom stereocenters. The fraction of sp³-hybridized carbons (Fsp3) is 0.320. The van der Waals surface area contributed by atoms with E-state index in [0.29, 0.717) is 39.7 Å². The first kappa shape index (κ1) is 26.0. The first-order valence-corrected chi connectivity index (χ1v) is 12.7. The van der Waals surface area contributed by atoms with Gasteiger partial charge in [0.1, 0.15) is 0 Å². The number of nitrogens with zero attached hydrogens (tertiary/aromatic N) is 1. The lowest BCUT2D eigenvalue weighted by atomic mass is 9.99. The summed E-state index contributed by atoms with van der Waals surface area (Å²) in [6, 6.07) is 11.1. The SMILES string of the molecule is CCCCCc1[nH]c2cc(C(=O)OC)c(C)cc2c1C(=NNS(=O)(=O)c1ccccc1)C(=O)OC. The summed E-state index contributed by atoms with van der Waals surface area (Å²) in [6.07, 6.45) is 3.39. The van der Waals surface area contributed by atoms with E-state index in [1.165, 1.54) is 26.4 Å². The number of nitrogens with one attached hydrogen (secondary N) is 2. The van der Waals surface area contributed by atoms with Crippen molar-refractivity contribution in [2.45, 2.75) is 44.4 Å². The number of hydrogen-bond donors (Lipinski definition) is 2. The van der Waals surface area contributed by atoms with Gasteiger partial charge in [0, 0.05) is 22.2 Å². The maximum atomic E-state index is 12.8. The second-order valence-electron chi connectivity index (χ2n) is 8.00. The summed E-state index contributed by atoms with van der Waals surface area (Å²) in [4.78, 5) is 30.5. The Morgan fingerprint density at radius 1 is 1.06 bits per heavy atom. The van der Waals surface area contributed by atoms with Crippen LogP contribution in [0.4, 0.5) is 0 Å². The van der Waals surface area contributed by atoms with Crippen LogP contribution in [-0.2, 0) is 30.7 Å². The van der Waals surface area contributed by atoms with Gasteiger partial charge < -0.3 is 14.5 Å². The second-order valence-corrected chi connectivity index (χ2v) is 9.66. The van der Waals surface area contributed by atoms with E-state index in [0.717, 1.165) is 19.3 Å². The molecule has 0 atom stereocenters. The lowest BCUT2D eigenvalue weighted by Crippen LogP contribution is -2.26. The van der Waals surface area contributed by atoms with Gasteiger partial charge in [0.05, 0.1) is 24.7 Å². The van der Waals surface area contributed by atoms with Gasteiger partial charge >= 0.3 is 11.9 Å². The Hall–Kier alpha value is -3.66. The number of rotatable bonds is 10. The molecule has 2 N–H and O–H groups in total. The number of carbonyl (C=O) groups excluding carboxylic acids is 2. The Bertz CT molecular complexity index is 1360. The average molecular weight is 500 g/mol. The monoisotopic (exact) mass is 499 g/mol. The number of aromatic nitrogens is 1. The Labute approximate surface area is 204 Å². The van der Waals surface area contributed by atoms with Crippen LogP contribution in [0.2, 0.25) is 0 Å². The van der Waals surface area contributed by atoms with Crippen molar-refractivity contribution in [3.63, 3.8) is 0 Å². The molecule has 0 saturated heterocycles. The Balaban J connectivity index is 2.19. The molecule has 0 aliphatic heterocycles. The molecule has 1 aromatic heterocycles. The molecular weight excluding hydrogens is 470 g/mol. The smallest absolute Gasteiger partial charge is 0.359 e. The van der Waals surface area contributed by atoms with Crippen molar-refractivity contribution >= 4 is 38.6 Å². The molecule has 186 valence electrons. The third kappa shape index (κ3) is 5.71. The van der Waals surface area contributed by atoms with Crippen LogP contribution in [0, 0.1) is 6.92 Å². The number of fused-ring (bicyclic) bond motifs is 1. The number of unbranched alkanes of at least 4 members (excludes halogenated alkanes) is 2. The predicted octanol–water partition coefficient (Wildman–Crippen LogP) is 3.85. The molecule has 3 aromatic rings. The highest BCUT2D eigenvalue weighted by molar-refractivity contribution is 7.89. The van der Waals surface area contributed by atoms with Crippen molar-refractivity contribution in [2.75, 3.05) is 14.2 Å². The minimum atomic E-state index is -4.02. The topological polar surface area (TPSA) is 127 Å². The van der Waals surface area contributed by atoms with Gasteiger partial charge in [0.2, 0.25) is 0 Å². The van der Waals surface area contributed by atoms with Gasteiger partial charge in [0.25, 0.3) is 10.0 Å². The molecule has 3 rings (SSSR count). The summed E-state index contributed by atoms with van der Waals surface area (Å²) in [5.41, 5.74) is 2.55. The van der Waals surface area contributed by atoms with Crippen molar-refractivity contribution < 1.29 is 27.5 Å². The highest BCUT2D eigenvalue weighted by Gasteiger charge is 2.26. The summed E-state index contributed by atoms with van der Waals surface area (Å²) >= 11 is 0. The maximum Gasteiger partial charge on any atom is 0.359 e. The van der Waals surface area contributed by atoms with Gasteiger partial charge in [-0.3, -0.25) is 0 Å². The molecule has 0 radical (unpaired) electrons. The Kier molecular flexibility index (Phi) is 8.29. The first-order chi connectivity index (χ1) is 16.7. The largest absolute Gasteiger partial charge is 0.465 e. The zero-order chi connectivity index (χ0) is 25.6. The summed E-state index contributed by atoms with van der Waals surface area (Å²) in [5, 5.41) is 4.64. The standard InChI is InChI=1S/C25H29N3O6S/c1-5-6-8-13-20-22(19-14-16(2)18(24(29)33-3)15-21(19)26-20)23(25(30)34-4)27-28-35(31,32)17-11-9-7-10-12-17/h7,9-12,14-15,26,28H,5-6,8,13H2,1-4H3. The van der Waals surface area contributed by atoms with Crippen LogP contribution in [-0.4, -0.2) is 45.3 Å².